The van der Waals surface area contributed by atoms with Gasteiger partial charge in [-0.1, -0.05) is 35.3 Å². The molecule has 0 unspecified atom stereocenters. The summed E-state index contributed by atoms with van der Waals surface area (Å²) in [7, 11) is -3.60. The second-order valence-electron chi connectivity index (χ2n) is 5.76. The number of hydrogen-bond donors (Lipinski definition) is 1. The van der Waals surface area contributed by atoms with Crippen molar-refractivity contribution in [1.29, 1.82) is 0 Å². The molecule has 1 saturated heterocycles. The van der Waals surface area contributed by atoms with Crippen molar-refractivity contribution >= 4 is 44.9 Å². The van der Waals surface area contributed by atoms with E-state index in [4.69, 9.17) is 23.2 Å². The average Bonchev–Trinajstić information content (AvgIpc) is 2.64. The van der Waals surface area contributed by atoms with Gasteiger partial charge in [-0.05, 0) is 36.4 Å². The third-order valence-electron chi connectivity index (χ3n) is 4.09. The largest absolute Gasteiger partial charge is 0.322 e. The molecule has 0 atom stereocenters. The Balaban J connectivity index is 1.62. The van der Waals surface area contributed by atoms with Crippen LogP contribution in [0.4, 0.5) is 10.5 Å². The van der Waals surface area contributed by atoms with Gasteiger partial charge in [-0.25, -0.2) is 13.2 Å². The second kappa shape index (κ2) is 7.84. The summed E-state index contributed by atoms with van der Waals surface area (Å²) in [6.07, 6.45) is 0. The van der Waals surface area contributed by atoms with E-state index in [2.05, 4.69) is 5.32 Å². The van der Waals surface area contributed by atoms with E-state index in [1.165, 1.54) is 16.4 Å². The minimum atomic E-state index is -3.60. The smallest absolute Gasteiger partial charge is 0.321 e. The Morgan fingerprint density at radius 3 is 2.15 bits per heavy atom. The van der Waals surface area contributed by atoms with Gasteiger partial charge in [-0.2, -0.15) is 4.31 Å². The minimum Gasteiger partial charge on any atom is -0.322 e. The highest BCUT2D eigenvalue weighted by molar-refractivity contribution is 7.89. The van der Waals surface area contributed by atoms with Gasteiger partial charge in [0.25, 0.3) is 0 Å². The quantitative estimate of drug-likeness (QED) is 0.836. The molecule has 6 nitrogen and oxygen atoms in total. The lowest BCUT2D eigenvalue weighted by Gasteiger charge is -2.34. The number of carbonyl (C=O) groups excluding carboxylic acids is 1. The normalized spacial score (nSPS) is 15.7. The van der Waals surface area contributed by atoms with Crippen LogP contribution in [0.5, 0.6) is 0 Å². The predicted molar refractivity (Wildman–Crippen MR) is 102 cm³/mol. The van der Waals surface area contributed by atoms with Crippen molar-refractivity contribution in [2.75, 3.05) is 31.5 Å². The topological polar surface area (TPSA) is 69.7 Å². The summed E-state index contributed by atoms with van der Waals surface area (Å²) in [4.78, 5) is 14.1. The number of urea groups is 1. The molecule has 1 N–H and O–H groups in total. The Labute approximate surface area is 162 Å². The summed E-state index contributed by atoms with van der Waals surface area (Å²) in [5.41, 5.74) is 0.524. The fourth-order valence-electron chi connectivity index (χ4n) is 2.64. The number of hydrogen-bond acceptors (Lipinski definition) is 3. The van der Waals surface area contributed by atoms with E-state index in [1.54, 1.807) is 41.3 Å². The van der Waals surface area contributed by atoms with Crippen molar-refractivity contribution in [3.05, 3.63) is 58.6 Å². The molecule has 1 heterocycles. The number of anilines is 1. The molecule has 0 aromatic heterocycles. The van der Waals surface area contributed by atoms with Crippen molar-refractivity contribution in [3.63, 3.8) is 0 Å². The number of piperazine rings is 1. The van der Waals surface area contributed by atoms with Crippen LogP contribution in [-0.4, -0.2) is 49.8 Å². The predicted octanol–water partition coefficient (Wildman–Crippen LogP) is 3.53. The Hall–Kier alpha value is -1.80. The molecule has 2 amide bonds. The zero-order valence-electron chi connectivity index (χ0n) is 13.7. The van der Waals surface area contributed by atoms with Crippen LogP contribution in [0.15, 0.2) is 53.4 Å². The van der Waals surface area contributed by atoms with Crippen LogP contribution in [0, 0.1) is 0 Å². The fraction of sp³-hybridized carbons (Fsp3) is 0.235. The van der Waals surface area contributed by atoms with Crippen LogP contribution in [0.1, 0.15) is 0 Å². The highest BCUT2D eigenvalue weighted by Gasteiger charge is 2.30. The van der Waals surface area contributed by atoms with Gasteiger partial charge in [-0.3, -0.25) is 0 Å². The molecule has 1 aliphatic rings. The molecule has 26 heavy (non-hydrogen) atoms. The summed E-state index contributed by atoms with van der Waals surface area (Å²) in [6.45, 7) is 1.04. The monoisotopic (exact) mass is 413 g/mol. The number of carbonyl (C=O) groups is 1. The standard InChI is InChI=1S/C17H17Cl2N3O3S/c18-13-5-7-14(8-6-13)26(24,25)22-11-9-21(10-12-22)17(23)20-16-4-2-1-3-15(16)19/h1-8H,9-12H2,(H,20,23). The molecule has 0 spiro atoms. The molecule has 3 rings (SSSR count). The van der Waals surface area contributed by atoms with Crippen molar-refractivity contribution in [2.24, 2.45) is 0 Å². The van der Waals surface area contributed by atoms with Gasteiger partial charge in [0.2, 0.25) is 10.0 Å². The Morgan fingerprint density at radius 2 is 1.54 bits per heavy atom. The van der Waals surface area contributed by atoms with E-state index in [-0.39, 0.29) is 24.0 Å². The van der Waals surface area contributed by atoms with Crippen LogP contribution in [0.2, 0.25) is 10.0 Å². The first-order chi connectivity index (χ1) is 12.4. The van der Waals surface area contributed by atoms with E-state index in [1.807, 2.05) is 0 Å². The zero-order valence-corrected chi connectivity index (χ0v) is 16.1. The van der Waals surface area contributed by atoms with E-state index < -0.39 is 10.0 Å². The maximum atomic E-state index is 12.7. The van der Waals surface area contributed by atoms with Crippen molar-refractivity contribution in [1.82, 2.24) is 9.21 Å². The number of nitrogens with zero attached hydrogens (tertiary/aromatic N) is 2. The van der Waals surface area contributed by atoms with Crippen molar-refractivity contribution in [3.8, 4) is 0 Å². The van der Waals surface area contributed by atoms with Crippen molar-refractivity contribution < 1.29 is 13.2 Å². The van der Waals surface area contributed by atoms with Crippen LogP contribution in [0.3, 0.4) is 0 Å². The molecule has 9 heteroatoms. The number of amides is 2. The number of halogens is 2. The maximum Gasteiger partial charge on any atom is 0.321 e. The van der Waals surface area contributed by atoms with Gasteiger partial charge >= 0.3 is 6.03 Å². The summed E-state index contributed by atoms with van der Waals surface area (Å²) in [6, 6.07) is 12.7. The Bertz CT molecular complexity index is 896. The number of sulfonamides is 1. The maximum absolute atomic E-state index is 12.7. The molecule has 0 aliphatic carbocycles. The number of benzene rings is 2. The van der Waals surface area contributed by atoms with Gasteiger partial charge in [-0.15, -0.1) is 0 Å². The molecule has 1 fully saturated rings. The third kappa shape index (κ3) is 4.12. The average molecular weight is 414 g/mol. The Kier molecular flexibility index (Phi) is 5.72. The van der Waals surface area contributed by atoms with Crippen LogP contribution in [0.25, 0.3) is 0 Å². The number of rotatable bonds is 3. The van der Waals surface area contributed by atoms with Gasteiger partial charge in [0.1, 0.15) is 0 Å². The van der Waals surface area contributed by atoms with E-state index in [0.29, 0.717) is 28.8 Å². The molecule has 2 aromatic rings. The minimum absolute atomic E-state index is 0.191. The SMILES string of the molecule is O=C(Nc1ccccc1Cl)N1CCN(S(=O)(=O)c2ccc(Cl)cc2)CC1. The first kappa shape index (κ1) is 19.0. The van der Waals surface area contributed by atoms with E-state index in [9.17, 15) is 13.2 Å². The zero-order chi connectivity index (χ0) is 18.7. The molecule has 0 saturated carbocycles. The van der Waals surface area contributed by atoms with Gasteiger partial charge < -0.3 is 10.2 Å². The van der Waals surface area contributed by atoms with E-state index in [0.717, 1.165) is 0 Å². The molecule has 1 aliphatic heterocycles. The fourth-order valence-corrected chi connectivity index (χ4v) is 4.38. The number of nitrogens with one attached hydrogen (secondary N) is 1. The lowest BCUT2D eigenvalue weighted by molar-refractivity contribution is 0.184. The first-order valence-electron chi connectivity index (χ1n) is 7.94. The van der Waals surface area contributed by atoms with Crippen LogP contribution in [-0.2, 0) is 10.0 Å². The van der Waals surface area contributed by atoms with Crippen LogP contribution < -0.4 is 5.32 Å². The van der Waals surface area contributed by atoms with Crippen molar-refractivity contribution in [2.45, 2.75) is 4.90 Å². The number of para-hydroxylation sites is 1. The molecule has 2 aromatic carbocycles. The summed E-state index contributed by atoms with van der Waals surface area (Å²) < 4.78 is 26.7. The summed E-state index contributed by atoms with van der Waals surface area (Å²) in [5, 5.41) is 3.67. The van der Waals surface area contributed by atoms with Crippen LogP contribution >= 0.6 is 23.2 Å². The molecule has 0 bridgehead atoms. The summed E-state index contributed by atoms with van der Waals surface area (Å²) in [5.74, 6) is 0. The highest BCUT2D eigenvalue weighted by Crippen LogP contribution is 2.22. The van der Waals surface area contributed by atoms with Gasteiger partial charge in [0, 0.05) is 31.2 Å². The highest BCUT2D eigenvalue weighted by atomic mass is 35.5. The Morgan fingerprint density at radius 1 is 0.923 bits per heavy atom. The third-order valence-corrected chi connectivity index (χ3v) is 6.59. The summed E-state index contributed by atoms with van der Waals surface area (Å²) >= 11 is 11.8. The molecular formula is C17H17Cl2N3O3S. The lowest BCUT2D eigenvalue weighted by atomic mass is 10.3. The molecule has 138 valence electrons. The van der Waals surface area contributed by atoms with E-state index >= 15 is 0 Å². The molecule has 0 radical (unpaired) electrons. The van der Waals surface area contributed by atoms with Gasteiger partial charge in [0.05, 0.1) is 15.6 Å². The molecular weight excluding hydrogens is 397 g/mol. The second-order valence-corrected chi connectivity index (χ2v) is 8.54. The van der Waals surface area contributed by atoms with Gasteiger partial charge in [0.15, 0.2) is 0 Å². The lowest BCUT2D eigenvalue weighted by Crippen LogP contribution is -2.51. The first-order valence-corrected chi connectivity index (χ1v) is 10.1.